The van der Waals surface area contributed by atoms with Gasteiger partial charge in [0.2, 0.25) is 5.91 Å². The van der Waals surface area contributed by atoms with E-state index in [1.165, 1.54) is 6.07 Å². The van der Waals surface area contributed by atoms with E-state index in [-0.39, 0.29) is 31.2 Å². The number of halogens is 1. The number of aliphatic hydroxyl groups is 1. The van der Waals surface area contributed by atoms with Gasteiger partial charge in [0.1, 0.15) is 5.82 Å². The number of para-hydroxylation sites is 1. The molecule has 0 fully saturated rings. The lowest BCUT2D eigenvalue weighted by atomic mass is 10.1. The predicted molar refractivity (Wildman–Crippen MR) is 100 cm³/mol. The second-order valence-corrected chi connectivity index (χ2v) is 6.44. The van der Waals surface area contributed by atoms with Crippen molar-refractivity contribution in [2.24, 2.45) is 0 Å². The van der Waals surface area contributed by atoms with Crippen molar-refractivity contribution in [1.29, 1.82) is 0 Å². The van der Waals surface area contributed by atoms with Gasteiger partial charge in [-0.3, -0.25) is 4.79 Å². The van der Waals surface area contributed by atoms with Crippen LogP contribution in [-0.2, 0) is 17.6 Å². The predicted octanol–water partition coefficient (Wildman–Crippen LogP) is 1.62. The van der Waals surface area contributed by atoms with Gasteiger partial charge < -0.3 is 20.6 Å². The van der Waals surface area contributed by atoms with Crippen LogP contribution in [0.2, 0.25) is 0 Å². The number of anilines is 1. The first kappa shape index (κ1) is 18.8. The molecule has 0 spiro atoms. The first-order valence-electron chi connectivity index (χ1n) is 8.86. The molecule has 2 aromatic rings. The summed E-state index contributed by atoms with van der Waals surface area (Å²) in [5, 5.41) is 15.2. The molecule has 0 aliphatic carbocycles. The normalized spacial score (nSPS) is 14.0. The third kappa shape index (κ3) is 4.83. The van der Waals surface area contributed by atoms with E-state index in [9.17, 15) is 19.1 Å². The Balaban J connectivity index is 1.39. The average molecular weight is 371 g/mol. The Kier molecular flexibility index (Phi) is 6.03. The number of nitrogens with zero attached hydrogens (tertiary/aromatic N) is 1. The van der Waals surface area contributed by atoms with Crippen molar-refractivity contribution in [2.45, 2.75) is 18.9 Å². The Morgan fingerprint density at radius 1 is 1.15 bits per heavy atom. The fraction of sp³-hybridized carbons (Fsp3) is 0.300. The number of amides is 3. The number of hydrogen-bond donors (Lipinski definition) is 3. The van der Waals surface area contributed by atoms with Gasteiger partial charge in [0.25, 0.3) is 0 Å². The van der Waals surface area contributed by atoms with Crippen molar-refractivity contribution in [1.82, 2.24) is 10.6 Å². The summed E-state index contributed by atoms with van der Waals surface area (Å²) >= 11 is 0. The molecule has 3 amide bonds. The van der Waals surface area contributed by atoms with Gasteiger partial charge in [-0.25, -0.2) is 9.18 Å². The molecule has 1 aliphatic rings. The fourth-order valence-corrected chi connectivity index (χ4v) is 3.11. The van der Waals surface area contributed by atoms with Crippen molar-refractivity contribution in [3.63, 3.8) is 0 Å². The monoisotopic (exact) mass is 371 g/mol. The van der Waals surface area contributed by atoms with E-state index in [0.717, 1.165) is 11.3 Å². The van der Waals surface area contributed by atoms with Crippen molar-refractivity contribution in [3.8, 4) is 0 Å². The Morgan fingerprint density at radius 3 is 2.70 bits per heavy atom. The summed E-state index contributed by atoms with van der Waals surface area (Å²) in [6, 6.07) is 13.4. The molecule has 1 unspecified atom stereocenters. The van der Waals surface area contributed by atoms with E-state index in [2.05, 4.69) is 10.6 Å². The summed E-state index contributed by atoms with van der Waals surface area (Å²) in [7, 11) is 0. The quantitative estimate of drug-likeness (QED) is 0.692. The molecule has 142 valence electrons. The van der Waals surface area contributed by atoms with Crippen molar-refractivity contribution >= 4 is 17.6 Å². The van der Waals surface area contributed by atoms with Gasteiger partial charge in [-0.15, -0.1) is 0 Å². The van der Waals surface area contributed by atoms with Crippen LogP contribution in [0.15, 0.2) is 48.5 Å². The van der Waals surface area contributed by atoms with Crippen molar-refractivity contribution < 1.29 is 19.1 Å². The zero-order valence-electron chi connectivity index (χ0n) is 14.8. The van der Waals surface area contributed by atoms with E-state index in [0.29, 0.717) is 18.5 Å². The molecule has 0 radical (unpaired) electrons. The minimum absolute atomic E-state index is 0.00560. The van der Waals surface area contributed by atoms with Crippen LogP contribution in [0.1, 0.15) is 11.1 Å². The van der Waals surface area contributed by atoms with Gasteiger partial charge in [-0.1, -0.05) is 36.4 Å². The molecule has 6 nitrogen and oxygen atoms in total. The number of benzene rings is 2. The minimum Gasteiger partial charge on any atom is -0.391 e. The number of nitrogens with one attached hydrogen (secondary N) is 2. The number of hydrogen-bond acceptors (Lipinski definition) is 3. The molecule has 7 heteroatoms. The standard InChI is InChI=1S/C20H22FN3O3/c21-17-7-3-1-5-14(17)11-16(25)13-23-20(27)22-9-10-24-18-8-4-2-6-15(18)12-19(24)26/h1-8,16,25H,9-13H2,(H2,22,23,27). The topological polar surface area (TPSA) is 81.7 Å². The highest BCUT2D eigenvalue weighted by atomic mass is 19.1. The van der Waals surface area contributed by atoms with Gasteiger partial charge in [0, 0.05) is 31.7 Å². The maximum Gasteiger partial charge on any atom is 0.314 e. The molecule has 0 saturated heterocycles. The van der Waals surface area contributed by atoms with Crippen LogP contribution < -0.4 is 15.5 Å². The summed E-state index contributed by atoms with van der Waals surface area (Å²) in [6.07, 6.45) is -0.393. The number of aliphatic hydroxyl groups excluding tert-OH is 1. The second kappa shape index (κ2) is 8.64. The molecule has 3 N–H and O–H groups in total. The maximum absolute atomic E-state index is 13.6. The lowest BCUT2D eigenvalue weighted by Gasteiger charge is -2.18. The Bertz CT molecular complexity index is 828. The first-order valence-corrected chi connectivity index (χ1v) is 8.86. The van der Waals surface area contributed by atoms with Crippen LogP contribution in [-0.4, -0.2) is 42.8 Å². The molecule has 1 atom stereocenters. The minimum atomic E-state index is -0.889. The third-order valence-electron chi connectivity index (χ3n) is 4.46. The van der Waals surface area contributed by atoms with E-state index < -0.39 is 12.1 Å². The van der Waals surface area contributed by atoms with Crippen LogP contribution in [0.4, 0.5) is 14.9 Å². The lowest BCUT2D eigenvalue weighted by Crippen LogP contribution is -2.43. The summed E-state index contributed by atoms with van der Waals surface area (Å²) in [5.74, 6) is -0.365. The van der Waals surface area contributed by atoms with Crippen LogP contribution >= 0.6 is 0 Å². The maximum atomic E-state index is 13.6. The Morgan fingerprint density at radius 2 is 1.89 bits per heavy atom. The highest BCUT2D eigenvalue weighted by Gasteiger charge is 2.26. The van der Waals surface area contributed by atoms with E-state index >= 15 is 0 Å². The molecule has 1 aliphatic heterocycles. The summed E-state index contributed by atoms with van der Waals surface area (Å²) in [4.78, 5) is 25.6. The molecule has 1 heterocycles. The molecular formula is C20H22FN3O3. The molecule has 2 aromatic carbocycles. The van der Waals surface area contributed by atoms with Crippen LogP contribution in [0, 0.1) is 5.82 Å². The fourth-order valence-electron chi connectivity index (χ4n) is 3.11. The number of fused-ring (bicyclic) bond motifs is 1. The smallest absolute Gasteiger partial charge is 0.314 e. The van der Waals surface area contributed by atoms with E-state index in [1.807, 2.05) is 24.3 Å². The summed E-state index contributed by atoms with van der Waals surface area (Å²) < 4.78 is 13.6. The molecule has 27 heavy (non-hydrogen) atoms. The van der Waals surface area contributed by atoms with Gasteiger partial charge in [-0.2, -0.15) is 0 Å². The lowest BCUT2D eigenvalue weighted by molar-refractivity contribution is -0.117. The largest absolute Gasteiger partial charge is 0.391 e. The average Bonchev–Trinajstić information content (AvgIpc) is 2.97. The molecular weight excluding hydrogens is 349 g/mol. The van der Waals surface area contributed by atoms with Crippen molar-refractivity contribution in [2.75, 3.05) is 24.5 Å². The Hall–Kier alpha value is -2.93. The van der Waals surface area contributed by atoms with Gasteiger partial charge in [0.05, 0.1) is 12.5 Å². The van der Waals surface area contributed by atoms with Crippen LogP contribution in [0.3, 0.4) is 0 Å². The zero-order chi connectivity index (χ0) is 19.2. The second-order valence-electron chi connectivity index (χ2n) is 6.44. The van der Waals surface area contributed by atoms with Gasteiger partial charge in [-0.05, 0) is 23.3 Å². The molecule has 0 saturated carbocycles. The van der Waals surface area contributed by atoms with E-state index in [4.69, 9.17) is 0 Å². The SMILES string of the molecule is O=C(NCCN1C(=O)Cc2ccccc21)NCC(O)Cc1ccccc1F. The molecule has 0 aromatic heterocycles. The van der Waals surface area contributed by atoms with Gasteiger partial charge in [0.15, 0.2) is 0 Å². The number of carbonyl (C=O) groups excluding carboxylic acids is 2. The van der Waals surface area contributed by atoms with Crippen LogP contribution in [0.5, 0.6) is 0 Å². The molecule has 0 bridgehead atoms. The van der Waals surface area contributed by atoms with Crippen LogP contribution in [0.25, 0.3) is 0 Å². The molecule has 3 rings (SSSR count). The third-order valence-corrected chi connectivity index (χ3v) is 4.46. The summed E-state index contributed by atoms with van der Waals surface area (Å²) in [6.45, 7) is 0.669. The number of carbonyl (C=O) groups is 2. The highest BCUT2D eigenvalue weighted by molar-refractivity contribution is 6.01. The number of urea groups is 1. The zero-order valence-corrected chi connectivity index (χ0v) is 14.8. The van der Waals surface area contributed by atoms with Gasteiger partial charge >= 0.3 is 6.03 Å². The summed E-state index contributed by atoms with van der Waals surface area (Å²) in [5.41, 5.74) is 2.27. The first-order chi connectivity index (χ1) is 13.0. The number of rotatable bonds is 7. The Labute approximate surface area is 157 Å². The van der Waals surface area contributed by atoms with E-state index in [1.54, 1.807) is 23.1 Å². The highest BCUT2D eigenvalue weighted by Crippen LogP contribution is 2.27. The van der Waals surface area contributed by atoms with Crippen molar-refractivity contribution in [3.05, 3.63) is 65.5 Å².